The molecular formula is C11H16ClN5O. The molecule has 7 heteroatoms. The molecule has 0 bridgehead atoms. The largest absolute Gasteiger partial charge is 0.348 e. The van der Waals surface area contributed by atoms with Gasteiger partial charge in [0.15, 0.2) is 0 Å². The summed E-state index contributed by atoms with van der Waals surface area (Å²) in [5.41, 5.74) is 2.84. The maximum absolute atomic E-state index is 12.0. The Morgan fingerprint density at radius 1 is 1.61 bits per heavy atom. The third kappa shape index (κ3) is 3.10. The number of anilines is 1. The van der Waals surface area contributed by atoms with Crippen LogP contribution >= 0.6 is 11.6 Å². The van der Waals surface area contributed by atoms with Crippen LogP contribution in [0.15, 0.2) is 12.1 Å². The Hall–Kier alpha value is -1.37. The van der Waals surface area contributed by atoms with E-state index < -0.39 is 0 Å². The molecule has 1 fully saturated rings. The van der Waals surface area contributed by atoms with E-state index in [1.807, 2.05) is 7.05 Å². The zero-order valence-corrected chi connectivity index (χ0v) is 10.9. The van der Waals surface area contributed by atoms with Gasteiger partial charge in [-0.25, -0.2) is 10.8 Å². The van der Waals surface area contributed by atoms with Crippen LogP contribution in [0.25, 0.3) is 0 Å². The smallest absolute Gasteiger partial charge is 0.251 e. The summed E-state index contributed by atoms with van der Waals surface area (Å²) < 4.78 is 0. The van der Waals surface area contributed by atoms with Crippen LogP contribution in [0.5, 0.6) is 0 Å². The molecule has 98 valence electrons. The Morgan fingerprint density at radius 3 is 3.00 bits per heavy atom. The molecule has 1 aliphatic heterocycles. The zero-order valence-electron chi connectivity index (χ0n) is 10.1. The number of pyridine rings is 1. The van der Waals surface area contributed by atoms with Gasteiger partial charge in [-0.15, -0.1) is 0 Å². The average molecular weight is 270 g/mol. The molecular weight excluding hydrogens is 254 g/mol. The van der Waals surface area contributed by atoms with Gasteiger partial charge in [0.2, 0.25) is 0 Å². The lowest BCUT2D eigenvalue weighted by Crippen LogP contribution is -2.36. The number of likely N-dealkylation sites (N-methyl/N-ethyl adjacent to an activating group) is 1. The molecule has 0 aliphatic carbocycles. The Bertz CT molecular complexity index is 453. The van der Waals surface area contributed by atoms with Crippen molar-refractivity contribution in [3.8, 4) is 0 Å². The van der Waals surface area contributed by atoms with Crippen molar-refractivity contribution in [2.24, 2.45) is 5.84 Å². The molecule has 0 spiro atoms. The third-order valence-corrected chi connectivity index (χ3v) is 3.12. The Balaban J connectivity index is 2.06. The fourth-order valence-electron chi connectivity index (χ4n) is 2.02. The number of rotatable bonds is 3. The van der Waals surface area contributed by atoms with Crippen LogP contribution in [0.3, 0.4) is 0 Å². The van der Waals surface area contributed by atoms with Crippen molar-refractivity contribution in [2.45, 2.75) is 12.5 Å². The van der Waals surface area contributed by atoms with Crippen LogP contribution in [0.2, 0.25) is 5.15 Å². The van der Waals surface area contributed by atoms with Gasteiger partial charge in [-0.3, -0.25) is 4.79 Å². The maximum atomic E-state index is 12.0. The predicted octanol–water partition coefficient (Wildman–Crippen LogP) is 0.454. The van der Waals surface area contributed by atoms with Crippen molar-refractivity contribution in [1.29, 1.82) is 0 Å². The van der Waals surface area contributed by atoms with Crippen molar-refractivity contribution >= 4 is 23.3 Å². The minimum atomic E-state index is -0.156. The zero-order chi connectivity index (χ0) is 13.1. The Morgan fingerprint density at radius 2 is 2.39 bits per heavy atom. The number of likely N-dealkylation sites (tertiary alicyclic amines) is 1. The second kappa shape index (κ2) is 5.51. The molecule has 1 unspecified atom stereocenters. The molecule has 4 N–H and O–H groups in total. The molecule has 1 aromatic heterocycles. The average Bonchev–Trinajstić information content (AvgIpc) is 2.73. The van der Waals surface area contributed by atoms with E-state index in [0.29, 0.717) is 11.4 Å². The summed E-state index contributed by atoms with van der Waals surface area (Å²) in [5, 5.41) is 3.20. The second-order valence-corrected chi connectivity index (χ2v) is 4.82. The highest BCUT2D eigenvalue weighted by atomic mass is 35.5. The highest BCUT2D eigenvalue weighted by Gasteiger charge is 2.21. The molecule has 1 saturated heterocycles. The van der Waals surface area contributed by atoms with Crippen molar-refractivity contribution in [2.75, 3.05) is 25.6 Å². The number of hydrogen-bond acceptors (Lipinski definition) is 5. The van der Waals surface area contributed by atoms with E-state index in [1.54, 1.807) is 6.07 Å². The summed E-state index contributed by atoms with van der Waals surface area (Å²) in [5.74, 6) is 5.48. The first-order valence-corrected chi connectivity index (χ1v) is 6.10. The van der Waals surface area contributed by atoms with Gasteiger partial charge in [-0.05, 0) is 32.1 Å². The predicted molar refractivity (Wildman–Crippen MR) is 70.4 cm³/mol. The first kappa shape index (κ1) is 13.1. The lowest BCUT2D eigenvalue weighted by Gasteiger charge is -2.13. The fourth-order valence-corrected chi connectivity index (χ4v) is 2.23. The molecule has 2 rings (SSSR count). The van der Waals surface area contributed by atoms with Crippen LogP contribution in [0.4, 0.5) is 5.82 Å². The van der Waals surface area contributed by atoms with Gasteiger partial charge in [0.1, 0.15) is 11.0 Å². The molecule has 1 aliphatic rings. The van der Waals surface area contributed by atoms with Crippen molar-refractivity contribution in [3.63, 3.8) is 0 Å². The number of nitrogens with one attached hydrogen (secondary N) is 2. The Labute approximate surface area is 110 Å². The monoisotopic (exact) mass is 269 g/mol. The van der Waals surface area contributed by atoms with E-state index in [-0.39, 0.29) is 17.1 Å². The summed E-state index contributed by atoms with van der Waals surface area (Å²) in [6.45, 7) is 1.87. The number of hydrogen-bond donors (Lipinski definition) is 3. The molecule has 1 aromatic rings. The SMILES string of the molecule is CN1CCC(NC(=O)c2cc(Cl)nc(NN)c2)C1. The molecule has 0 radical (unpaired) electrons. The summed E-state index contributed by atoms with van der Waals surface area (Å²) >= 11 is 5.82. The van der Waals surface area contributed by atoms with E-state index >= 15 is 0 Å². The summed E-state index contributed by atoms with van der Waals surface area (Å²) in [6.07, 6.45) is 0.961. The Kier molecular flexibility index (Phi) is 4.00. The van der Waals surface area contributed by atoms with Gasteiger partial charge in [0, 0.05) is 18.2 Å². The highest BCUT2D eigenvalue weighted by Crippen LogP contribution is 2.14. The van der Waals surface area contributed by atoms with Gasteiger partial charge in [0.05, 0.1) is 0 Å². The number of hydrazine groups is 1. The van der Waals surface area contributed by atoms with Crippen molar-refractivity contribution < 1.29 is 4.79 Å². The number of nitrogens with zero attached hydrogens (tertiary/aromatic N) is 2. The second-order valence-electron chi connectivity index (χ2n) is 4.43. The summed E-state index contributed by atoms with van der Waals surface area (Å²) in [6, 6.07) is 3.28. The molecule has 1 amide bonds. The normalized spacial score (nSPS) is 19.8. The molecule has 0 saturated carbocycles. The lowest BCUT2D eigenvalue weighted by atomic mass is 10.2. The summed E-state index contributed by atoms with van der Waals surface area (Å²) in [7, 11) is 2.03. The fraction of sp³-hybridized carbons (Fsp3) is 0.455. The lowest BCUT2D eigenvalue weighted by molar-refractivity contribution is 0.0938. The minimum Gasteiger partial charge on any atom is -0.348 e. The van der Waals surface area contributed by atoms with Gasteiger partial charge in [-0.2, -0.15) is 0 Å². The third-order valence-electron chi connectivity index (χ3n) is 2.93. The van der Waals surface area contributed by atoms with E-state index in [4.69, 9.17) is 17.4 Å². The number of carbonyl (C=O) groups is 1. The van der Waals surface area contributed by atoms with E-state index in [2.05, 4.69) is 20.6 Å². The van der Waals surface area contributed by atoms with E-state index in [0.717, 1.165) is 19.5 Å². The van der Waals surface area contributed by atoms with Crippen LogP contribution in [-0.4, -0.2) is 42.0 Å². The topological polar surface area (TPSA) is 83.3 Å². The van der Waals surface area contributed by atoms with E-state index in [9.17, 15) is 4.79 Å². The number of nitrogens with two attached hydrogens (primary N) is 1. The molecule has 2 heterocycles. The highest BCUT2D eigenvalue weighted by molar-refractivity contribution is 6.29. The first-order chi connectivity index (χ1) is 8.58. The number of amides is 1. The number of aromatic nitrogens is 1. The van der Waals surface area contributed by atoms with Gasteiger partial charge >= 0.3 is 0 Å². The van der Waals surface area contributed by atoms with Crippen LogP contribution in [-0.2, 0) is 0 Å². The maximum Gasteiger partial charge on any atom is 0.251 e. The van der Waals surface area contributed by atoms with Crippen molar-refractivity contribution in [1.82, 2.24) is 15.2 Å². The molecule has 6 nitrogen and oxygen atoms in total. The first-order valence-electron chi connectivity index (χ1n) is 5.72. The number of carbonyl (C=O) groups excluding carboxylic acids is 1. The van der Waals surface area contributed by atoms with Crippen LogP contribution in [0.1, 0.15) is 16.8 Å². The molecule has 18 heavy (non-hydrogen) atoms. The van der Waals surface area contributed by atoms with E-state index in [1.165, 1.54) is 6.07 Å². The quantitative estimate of drug-likeness (QED) is 0.422. The van der Waals surface area contributed by atoms with Gasteiger partial charge in [-0.1, -0.05) is 11.6 Å². The molecule has 0 aromatic carbocycles. The minimum absolute atomic E-state index is 0.156. The van der Waals surface area contributed by atoms with Gasteiger partial charge in [0.25, 0.3) is 5.91 Å². The summed E-state index contributed by atoms with van der Waals surface area (Å²) in [4.78, 5) is 18.1. The standard InChI is InChI=1S/C11H16ClN5O/c1-17-3-2-8(6-17)14-11(18)7-4-9(12)15-10(5-7)16-13/h4-5,8H,2-3,6,13H2,1H3,(H,14,18)(H,15,16). The number of halogens is 1. The van der Waals surface area contributed by atoms with Gasteiger partial charge < -0.3 is 15.6 Å². The van der Waals surface area contributed by atoms with Crippen LogP contribution in [0, 0.1) is 0 Å². The number of nitrogen functional groups attached to an aromatic ring is 1. The van der Waals surface area contributed by atoms with Crippen LogP contribution < -0.4 is 16.6 Å². The van der Waals surface area contributed by atoms with Crippen molar-refractivity contribution in [3.05, 3.63) is 22.8 Å². The molecule has 1 atom stereocenters.